The Kier molecular flexibility index (Phi) is 6.40. The van der Waals surface area contributed by atoms with Crippen LogP contribution in [-0.4, -0.2) is 35.8 Å². The molecule has 0 bridgehead atoms. The quantitative estimate of drug-likeness (QED) is 0.350. The molecule has 0 atom stereocenters. The number of nitrogens with one attached hydrogen (secondary N) is 1. The smallest absolute Gasteiger partial charge is 0.359 e. The van der Waals surface area contributed by atoms with E-state index in [0.29, 0.717) is 41.9 Å². The van der Waals surface area contributed by atoms with Gasteiger partial charge in [-0.2, -0.15) is 5.10 Å². The number of carbonyl (C=O) groups is 1. The van der Waals surface area contributed by atoms with Crippen molar-refractivity contribution >= 4 is 31.7 Å². The molecule has 0 saturated carbocycles. The van der Waals surface area contributed by atoms with Crippen molar-refractivity contribution in [3.63, 3.8) is 0 Å². The van der Waals surface area contributed by atoms with Gasteiger partial charge < -0.3 is 9.72 Å². The van der Waals surface area contributed by atoms with Crippen LogP contribution in [0.1, 0.15) is 34.1 Å². The topological polar surface area (TPSA) is 111 Å². The summed E-state index contributed by atoms with van der Waals surface area (Å²) in [4.78, 5) is 28.3. The molecule has 2 aromatic heterocycles. The molecule has 184 valence electrons. The number of aryl methyl sites for hydroxylation is 1. The fourth-order valence-electron chi connectivity index (χ4n) is 4.40. The van der Waals surface area contributed by atoms with E-state index in [0.717, 1.165) is 10.0 Å². The molecule has 1 aliphatic carbocycles. The number of sulfone groups is 1. The minimum Gasteiger partial charge on any atom is -0.461 e. The molecule has 0 unspecified atom stereocenters. The normalized spacial score (nSPS) is 12.6. The van der Waals surface area contributed by atoms with E-state index < -0.39 is 21.4 Å². The van der Waals surface area contributed by atoms with Crippen LogP contribution in [0.2, 0.25) is 0 Å². The maximum Gasteiger partial charge on any atom is 0.359 e. The summed E-state index contributed by atoms with van der Waals surface area (Å²) in [6.07, 6.45) is 0.889. The number of fused-ring (bicyclic) bond motifs is 3. The Labute approximate surface area is 216 Å². The van der Waals surface area contributed by atoms with Gasteiger partial charge in [-0.1, -0.05) is 46.3 Å². The van der Waals surface area contributed by atoms with E-state index in [1.54, 1.807) is 29.8 Å². The largest absolute Gasteiger partial charge is 0.461 e. The van der Waals surface area contributed by atoms with Crippen LogP contribution >= 0.6 is 15.9 Å². The Hall–Kier alpha value is -3.50. The molecule has 0 aliphatic heterocycles. The van der Waals surface area contributed by atoms with Crippen LogP contribution in [0.5, 0.6) is 0 Å². The second kappa shape index (κ2) is 9.51. The Morgan fingerprint density at radius 3 is 2.53 bits per heavy atom. The van der Waals surface area contributed by atoms with Crippen LogP contribution in [-0.2, 0) is 34.0 Å². The number of H-pyrrole nitrogens is 1. The maximum absolute atomic E-state index is 13.2. The van der Waals surface area contributed by atoms with Gasteiger partial charge in [0.1, 0.15) is 4.90 Å². The number of halogens is 1. The summed E-state index contributed by atoms with van der Waals surface area (Å²) < 4.78 is 34.2. The molecule has 2 aromatic carbocycles. The van der Waals surface area contributed by atoms with Gasteiger partial charge in [0.15, 0.2) is 5.69 Å². The zero-order chi connectivity index (χ0) is 25.4. The van der Waals surface area contributed by atoms with Crippen molar-refractivity contribution < 1.29 is 17.9 Å². The fourth-order valence-corrected chi connectivity index (χ4v) is 6.03. The Bertz CT molecular complexity index is 1620. The minimum atomic E-state index is -4.00. The van der Waals surface area contributed by atoms with Gasteiger partial charge in [-0.25, -0.2) is 13.2 Å². The average Bonchev–Trinajstić information content (AvgIpc) is 3.24. The van der Waals surface area contributed by atoms with Crippen LogP contribution in [0.25, 0.3) is 11.4 Å². The zero-order valence-electron chi connectivity index (χ0n) is 19.3. The van der Waals surface area contributed by atoms with Gasteiger partial charge in [0.2, 0.25) is 9.84 Å². The SMILES string of the molecule is CCOC(=O)c1nn(Cc2ccc(Br)cc2)c2c1CCc1cc(S(=O)(=O)c3ccccc3)c(=O)[nH]c1-2. The summed E-state index contributed by atoms with van der Waals surface area (Å²) in [6.45, 7) is 2.28. The number of hydrogen-bond donors (Lipinski definition) is 1. The van der Waals surface area contributed by atoms with Gasteiger partial charge in [-0.05, 0) is 61.2 Å². The molecule has 36 heavy (non-hydrogen) atoms. The van der Waals surface area contributed by atoms with E-state index in [9.17, 15) is 18.0 Å². The number of carbonyl (C=O) groups excluding carboxylic acids is 1. The van der Waals surface area contributed by atoms with Crippen LogP contribution < -0.4 is 5.56 Å². The van der Waals surface area contributed by atoms with Crippen LogP contribution in [0.3, 0.4) is 0 Å². The van der Waals surface area contributed by atoms with E-state index in [-0.39, 0.29) is 22.1 Å². The number of aromatic amines is 1. The van der Waals surface area contributed by atoms with E-state index >= 15 is 0 Å². The zero-order valence-corrected chi connectivity index (χ0v) is 21.7. The number of benzene rings is 2. The Morgan fingerprint density at radius 1 is 1.11 bits per heavy atom. The van der Waals surface area contributed by atoms with Gasteiger partial charge in [-0.15, -0.1) is 0 Å². The van der Waals surface area contributed by atoms with Crippen LogP contribution in [0.15, 0.2) is 79.7 Å². The number of esters is 1. The van der Waals surface area contributed by atoms with Crippen LogP contribution in [0.4, 0.5) is 0 Å². The molecule has 1 N–H and O–H groups in total. The molecule has 4 aromatic rings. The van der Waals surface area contributed by atoms with E-state index in [2.05, 4.69) is 26.0 Å². The Morgan fingerprint density at radius 2 is 1.83 bits per heavy atom. The Balaban J connectivity index is 1.66. The number of rotatable bonds is 6. The lowest BCUT2D eigenvalue weighted by Gasteiger charge is -2.19. The lowest BCUT2D eigenvalue weighted by Crippen LogP contribution is -2.22. The second-order valence-electron chi connectivity index (χ2n) is 8.36. The molecule has 0 fully saturated rings. The molecule has 0 amide bonds. The van der Waals surface area contributed by atoms with Crippen molar-refractivity contribution in [2.24, 2.45) is 0 Å². The summed E-state index contributed by atoms with van der Waals surface area (Å²) in [5.74, 6) is -0.530. The highest BCUT2D eigenvalue weighted by Gasteiger charge is 2.32. The van der Waals surface area contributed by atoms with Crippen molar-refractivity contribution in [3.8, 4) is 11.4 Å². The van der Waals surface area contributed by atoms with Gasteiger partial charge >= 0.3 is 5.97 Å². The summed E-state index contributed by atoms with van der Waals surface area (Å²) >= 11 is 3.43. The minimum absolute atomic E-state index is 0.0526. The van der Waals surface area contributed by atoms with E-state index in [1.807, 2.05) is 24.3 Å². The van der Waals surface area contributed by atoms with Crippen molar-refractivity contribution in [1.82, 2.24) is 14.8 Å². The molecule has 0 spiro atoms. The molecule has 10 heteroatoms. The average molecular weight is 568 g/mol. The number of pyridine rings is 1. The molecule has 0 radical (unpaired) electrons. The number of aromatic nitrogens is 3. The first-order valence-electron chi connectivity index (χ1n) is 11.4. The number of nitrogens with zero attached hydrogens (tertiary/aromatic N) is 2. The highest BCUT2D eigenvalue weighted by Crippen LogP contribution is 2.35. The molecule has 5 rings (SSSR count). The standard InChI is InChI=1S/C26H22BrN3O5S/c1-2-35-26(32)23-20-13-10-17-14-21(36(33,34)19-6-4-3-5-7-19)25(31)28-22(17)24(20)30(29-23)15-16-8-11-18(27)12-9-16/h3-9,11-12,14H,2,10,13,15H2,1H3,(H,28,31). The first-order chi connectivity index (χ1) is 17.3. The number of hydrogen-bond acceptors (Lipinski definition) is 6. The van der Waals surface area contributed by atoms with Crippen molar-refractivity contribution in [3.05, 3.63) is 97.9 Å². The molecule has 2 heterocycles. The molecule has 1 aliphatic rings. The third kappa shape index (κ3) is 4.31. The predicted octanol–water partition coefficient (Wildman–Crippen LogP) is 4.16. The fraction of sp³-hybridized carbons (Fsp3) is 0.192. The van der Waals surface area contributed by atoms with Crippen LogP contribution in [0, 0.1) is 0 Å². The third-order valence-corrected chi connectivity index (χ3v) is 8.38. The van der Waals surface area contributed by atoms with Crippen molar-refractivity contribution in [1.29, 1.82) is 0 Å². The highest BCUT2D eigenvalue weighted by molar-refractivity contribution is 9.10. The van der Waals surface area contributed by atoms with Gasteiger partial charge in [-0.3, -0.25) is 9.48 Å². The van der Waals surface area contributed by atoms with Crippen molar-refractivity contribution in [2.75, 3.05) is 6.61 Å². The molecule has 0 saturated heterocycles. The summed E-state index contributed by atoms with van der Waals surface area (Å²) in [5, 5.41) is 4.57. The molecular formula is C26H22BrN3O5S. The first kappa shape index (κ1) is 24.2. The monoisotopic (exact) mass is 567 g/mol. The third-order valence-electron chi connectivity index (χ3n) is 6.08. The van der Waals surface area contributed by atoms with Gasteiger partial charge in [0, 0.05) is 10.0 Å². The summed E-state index contributed by atoms with van der Waals surface area (Å²) in [5.41, 5.74) is 2.82. The number of ether oxygens (including phenoxy) is 1. The molecular weight excluding hydrogens is 546 g/mol. The van der Waals surface area contributed by atoms with E-state index in [4.69, 9.17) is 4.74 Å². The lowest BCUT2D eigenvalue weighted by molar-refractivity contribution is 0.0517. The second-order valence-corrected chi connectivity index (χ2v) is 11.2. The predicted molar refractivity (Wildman–Crippen MR) is 137 cm³/mol. The maximum atomic E-state index is 13.2. The summed E-state index contributed by atoms with van der Waals surface area (Å²) in [7, 11) is -4.00. The first-order valence-corrected chi connectivity index (χ1v) is 13.6. The van der Waals surface area contributed by atoms with Crippen molar-refractivity contribution in [2.45, 2.75) is 36.1 Å². The van der Waals surface area contributed by atoms with Gasteiger partial charge in [0.25, 0.3) is 5.56 Å². The van der Waals surface area contributed by atoms with E-state index in [1.165, 1.54) is 18.2 Å². The molecule has 8 nitrogen and oxygen atoms in total. The highest BCUT2D eigenvalue weighted by atomic mass is 79.9. The lowest BCUT2D eigenvalue weighted by atomic mass is 9.92. The van der Waals surface area contributed by atoms with Gasteiger partial charge in [0.05, 0.1) is 29.4 Å². The summed E-state index contributed by atoms with van der Waals surface area (Å²) in [6, 6.07) is 17.0.